The molecule has 0 radical (unpaired) electrons. The van der Waals surface area contributed by atoms with Crippen LogP contribution >= 0.6 is 11.6 Å². The van der Waals surface area contributed by atoms with E-state index in [-0.39, 0.29) is 11.7 Å². The molecule has 3 rings (SSSR count). The van der Waals surface area contributed by atoms with Crippen molar-refractivity contribution in [2.24, 2.45) is 0 Å². The largest absolute Gasteiger partial charge is 0.376 e. The number of rotatable bonds is 5. The molecule has 0 aliphatic rings. The summed E-state index contributed by atoms with van der Waals surface area (Å²) in [5, 5.41) is 25.3. The van der Waals surface area contributed by atoms with Gasteiger partial charge in [-0.15, -0.1) is 0 Å². The number of benzene rings is 2. The van der Waals surface area contributed by atoms with Gasteiger partial charge in [0.25, 0.3) is 5.69 Å². The molecular weight excluding hydrogens is 352 g/mol. The van der Waals surface area contributed by atoms with E-state index < -0.39 is 4.92 Å². The zero-order chi connectivity index (χ0) is 18.7. The van der Waals surface area contributed by atoms with Crippen molar-refractivity contribution in [3.05, 3.63) is 74.9 Å². The Morgan fingerprint density at radius 1 is 1.31 bits per heavy atom. The van der Waals surface area contributed by atoms with Crippen LogP contribution in [0, 0.1) is 21.4 Å². The molecule has 0 spiro atoms. The first-order chi connectivity index (χ1) is 12.6. The maximum Gasteiger partial charge on any atom is 0.274 e. The lowest BCUT2D eigenvalue weighted by molar-refractivity contribution is -0.385. The quantitative estimate of drug-likeness (QED) is 0.493. The van der Waals surface area contributed by atoms with E-state index in [1.54, 1.807) is 30.3 Å². The van der Waals surface area contributed by atoms with Crippen molar-refractivity contribution in [1.29, 1.82) is 5.26 Å². The minimum atomic E-state index is -0.396. The first-order valence-corrected chi connectivity index (χ1v) is 8.41. The van der Waals surface area contributed by atoms with Gasteiger partial charge in [0.2, 0.25) is 0 Å². The number of hydrogen-bond donors (Lipinski definition) is 1. The van der Waals surface area contributed by atoms with Crippen LogP contribution < -0.4 is 5.32 Å². The predicted molar refractivity (Wildman–Crippen MR) is 101 cm³/mol. The van der Waals surface area contributed by atoms with Gasteiger partial charge in [0.1, 0.15) is 6.07 Å². The van der Waals surface area contributed by atoms with Crippen molar-refractivity contribution < 1.29 is 4.92 Å². The third-order valence-electron chi connectivity index (χ3n) is 4.20. The van der Waals surface area contributed by atoms with E-state index in [4.69, 9.17) is 11.6 Å². The summed E-state index contributed by atoms with van der Waals surface area (Å²) >= 11 is 6.22. The molecule has 1 N–H and O–H groups in total. The lowest BCUT2D eigenvalue weighted by Gasteiger charge is -2.21. The Labute approximate surface area is 155 Å². The molecular formula is C19H15ClN4O2. The molecule has 0 aliphatic heterocycles. The maximum absolute atomic E-state index is 11.4. The molecule has 0 amide bonds. The summed E-state index contributed by atoms with van der Waals surface area (Å²) in [5.41, 5.74) is 2.12. The fourth-order valence-corrected chi connectivity index (χ4v) is 3.17. The van der Waals surface area contributed by atoms with Crippen molar-refractivity contribution in [2.45, 2.75) is 19.4 Å². The van der Waals surface area contributed by atoms with Crippen LogP contribution in [0.5, 0.6) is 0 Å². The van der Waals surface area contributed by atoms with Gasteiger partial charge in [-0.2, -0.15) is 5.26 Å². The van der Waals surface area contributed by atoms with Crippen molar-refractivity contribution in [1.82, 2.24) is 4.98 Å². The zero-order valence-electron chi connectivity index (χ0n) is 13.9. The lowest BCUT2D eigenvalue weighted by atomic mass is 10.0. The summed E-state index contributed by atoms with van der Waals surface area (Å²) in [5.74, 6) is 0. The lowest BCUT2D eigenvalue weighted by Crippen LogP contribution is -2.13. The highest BCUT2D eigenvalue weighted by molar-refractivity contribution is 6.35. The van der Waals surface area contributed by atoms with Crippen LogP contribution in [0.2, 0.25) is 5.02 Å². The van der Waals surface area contributed by atoms with Gasteiger partial charge in [-0.3, -0.25) is 15.1 Å². The molecule has 130 valence electrons. The van der Waals surface area contributed by atoms with E-state index in [1.165, 1.54) is 12.3 Å². The normalized spacial score (nSPS) is 11.7. The molecule has 6 nitrogen and oxygen atoms in total. The number of nitro groups is 1. The number of nitro benzene ring substituents is 1. The fraction of sp³-hybridized carbons (Fsp3) is 0.158. The van der Waals surface area contributed by atoms with Gasteiger partial charge >= 0.3 is 0 Å². The van der Waals surface area contributed by atoms with Crippen LogP contribution in [-0.2, 0) is 0 Å². The maximum atomic E-state index is 11.4. The van der Waals surface area contributed by atoms with Crippen LogP contribution in [0.3, 0.4) is 0 Å². The number of anilines is 1. The third kappa shape index (κ3) is 3.17. The number of aromatic nitrogens is 1. The Morgan fingerprint density at radius 3 is 2.77 bits per heavy atom. The highest BCUT2D eigenvalue weighted by atomic mass is 35.5. The Bertz CT molecular complexity index is 1030. The van der Waals surface area contributed by atoms with Crippen LogP contribution in [-0.4, -0.2) is 9.91 Å². The SMILES string of the molecule is CC[C@@H](Nc1c(C#N)cnc2c(Cl)cccc12)c1ccccc1[N+](=O)[O-]. The first kappa shape index (κ1) is 17.6. The standard InChI is InChI=1S/C19H15ClN4O2/c1-2-16(13-6-3-4-9-17(13)24(25)26)23-18-12(10-21)11-22-19-14(18)7-5-8-15(19)20/h3-9,11,16H,2H2,1H3,(H,22,23)/t16-/m1/s1. The number of nitrogens with zero attached hydrogens (tertiary/aromatic N) is 3. The molecule has 1 atom stereocenters. The monoisotopic (exact) mass is 366 g/mol. The molecule has 0 aliphatic carbocycles. The predicted octanol–water partition coefficient (Wildman–Crippen LogP) is 5.23. The van der Waals surface area contributed by atoms with Crippen LogP contribution in [0.4, 0.5) is 11.4 Å². The highest BCUT2D eigenvalue weighted by Crippen LogP contribution is 2.35. The second kappa shape index (κ2) is 7.38. The van der Waals surface area contributed by atoms with Crippen LogP contribution in [0.1, 0.15) is 30.5 Å². The van der Waals surface area contributed by atoms with Gasteiger partial charge in [-0.25, -0.2) is 0 Å². The minimum absolute atomic E-state index is 0.0433. The molecule has 0 saturated heterocycles. The van der Waals surface area contributed by atoms with Crippen LogP contribution in [0.15, 0.2) is 48.7 Å². The smallest absolute Gasteiger partial charge is 0.274 e. The number of fused-ring (bicyclic) bond motifs is 1. The highest BCUT2D eigenvalue weighted by Gasteiger charge is 2.22. The first-order valence-electron chi connectivity index (χ1n) is 8.04. The van der Waals surface area contributed by atoms with Gasteiger partial charge in [-0.1, -0.05) is 48.9 Å². The molecule has 7 heteroatoms. The average Bonchev–Trinajstić information content (AvgIpc) is 2.66. The summed E-state index contributed by atoms with van der Waals surface area (Å²) in [6.07, 6.45) is 2.06. The summed E-state index contributed by atoms with van der Waals surface area (Å²) < 4.78 is 0. The number of pyridine rings is 1. The summed E-state index contributed by atoms with van der Waals surface area (Å²) in [4.78, 5) is 15.2. The van der Waals surface area contributed by atoms with Gasteiger partial charge in [-0.05, 0) is 12.5 Å². The number of halogens is 1. The molecule has 1 aromatic heterocycles. The van der Waals surface area contributed by atoms with Crippen molar-refractivity contribution in [3.63, 3.8) is 0 Å². The number of hydrogen-bond acceptors (Lipinski definition) is 5. The van der Waals surface area contributed by atoms with Crippen LogP contribution in [0.25, 0.3) is 10.9 Å². The van der Waals surface area contributed by atoms with Crippen molar-refractivity contribution in [2.75, 3.05) is 5.32 Å². The van der Waals surface area contributed by atoms with E-state index >= 15 is 0 Å². The van der Waals surface area contributed by atoms with Crippen molar-refractivity contribution in [3.8, 4) is 6.07 Å². The second-order valence-electron chi connectivity index (χ2n) is 5.72. The molecule has 0 unspecified atom stereocenters. The number of para-hydroxylation sites is 2. The number of nitrogens with one attached hydrogen (secondary N) is 1. The molecule has 0 saturated carbocycles. The van der Waals surface area contributed by atoms with Gasteiger partial charge in [0, 0.05) is 17.6 Å². The van der Waals surface area contributed by atoms with E-state index in [2.05, 4.69) is 16.4 Å². The topological polar surface area (TPSA) is 91.8 Å². The molecule has 3 aromatic rings. The van der Waals surface area contributed by atoms with E-state index in [9.17, 15) is 15.4 Å². The number of nitriles is 1. The van der Waals surface area contributed by atoms with Crippen molar-refractivity contribution >= 4 is 33.9 Å². The zero-order valence-corrected chi connectivity index (χ0v) is 14.7. The molecule has 0 fully saturated rings. The second-order valence-corrected chi connectivity index (χ2v) is 6.12. The molecule has 0 bridgehead atoms. The molecule has 26 heavy (non-hydrogen) atoms. The fourth-order valence-electron chi connectivity index (χ4n) is 2.95. The molecule has 1 heterocycles. The van der Waals surface area contributed by atoms with E-state index in [1.807, 2.05) is 13.0 Å². The summed E-state index contributed by atoms with van der Waals surface area (Å²) in [7, 11) is 0. The van der Waals surface area contributed by atoms with E-state index in [0.29, 0.717) is 39.2 Å². The molecule has 2 aromatic carbocycles. The van der Waals surface area contributed by atoms with Gasteiger partial charge in [0.15, 0.2) is 0 Å². The minimum Gasteiger partial charge on any atom is -0.376 e. The van der Waals surface area contributed by atoms with Gasteiger partial charge < -0.3 is 5.32 Å². The third-order valence-corrected chi connectivity index (χ3v) is 4.51. The Kier molecular flexibility index (Phi) is 5.01. The summed E-state index contributed by atoms with van der Waals surface area (Å²) in [6, 6.07) is 13.7. The van der Waals surface area contributed by atoms with Gasteiger partial charge in [0.05, 0.1) is 38.3 Å². The average molecular weight is 367 g/mol. The Balaban J connectivity index is 2.14. The Morgan fingerprint density at radius 2 is 2.08 bits per heavy atom. The van der Waals surface area contributed by atoms with E-state index in [0.717, 1.165) is 0 Å². The summed E-state index contributed by atoms with van der Waals surface area (Å²) in [6.45, 7) is 1.93. The Hall–Kier alpha value is -3.17.